The molecule has 1 aromatic rings. The maximum absolute atomic E-state index is 11.0. The van der Waals surface area contributed by atoms with Crippen LogP contribution in [0.25, 0.3) is 0 Å². The van der Waals surface area contributed by atoms with Crippen LogP contribution in [0, 0.1) is 12.8 Å². The van der Waals surface area contributed by atoms with E-state index < -0.39 is 0 Å². The smallest absolute Gasteiger partial charge is 0.228 e. The van der Waals surface area contributed by atoms with Gasteiger partial charge in [0.15, 0.2) is 0 Å². The Balaban J connectivity index is 0.000000211. The average Bonchev–Trinajstić information content (AvgIpc) is 3.33. The molecule has 4 aliphatic rings. The lowest BCUT2D eigenvalue weighted by atomic mass is 9.99. The van der Waals surface area contributed by atoms with Gasteiger partial charge in [0.1, 0.15) is 0 Å². The van der Waals surface area contributed by atoms with Crippen LogP contribution in [0.15, 0.2) is 12.1 Å². The Labute approximate surface area is 225 Å². The van der Waals surface area contributed by atoms with Crippen LogP contribution in [-0.4, -0.2) is 78.6 Å². The second-order valence-electron chi connectivity index (χ2n) is 10.7. The monoisotopic (exact) mass is 535 g/mol. The van der Waals surface area contributed by atoms with Crippen LogP contribution in [-0.2, 0) is 16.0 Å². The van der Waals surface area contributed by atoms with Crippen LogP contribution in [0.4, 0.5) is 5.69 Å². The number of likely N-dealkylation sites (tertiary alicyclic amines) is 1. The molecule has 3 fully saturated rings. The van der Waals surface area contributed by atoms with Crippen molar-refractivity contribution in [1.82, 2.24) is 19.8 Å². The molecule has 2 bridgehead atoms. The normalized spacial score (nSPS) is 26.2. The van der Waals surface area contributed by atoms with Gasteiger partial charge in [-0.3, -0.25) is 9.59 Å². The number of hydrogen-bond donors (Lipinski definition) is 3. The van der Waals surface area contributed by atoms with E-state index in [1.165, 1.54) is 57.5 Å². The van der Waals surface area contributed by atoms with Crippen LogP contribution in [0.3, 0.4) is 0 Å². The topological polar surface area (TPSA) is 76.7 Å². The van der Waals surface area contributed by atoms with Gasteiger partial charge < -0.3 is 20.9 Å². The molecule has 0 spiro atoms. The van der Waals surface area contributed by atoms with Crippen LogP contribution < -0.4 is 16.0 Å². The van der Waals surface area contributed by atoms with E-state index in [-0.39, 0.29) is 5.91 Å². The predicted molar refractivity (Wildman–Crippen MR) is 150 cm³/mol. The summed E-state index contributed by atoms with van der Waals surface area (Å²) in [6.45, 7) is 6.89. The second kappa shape index (κ2) is 13.5. The molecule has 4 heterocycles. The Bertz CT molecular complexity index is 848. The first kappa shape index (κ1) is 27.7. The predicted octanol–water partition coefficient (Wildman–Crippen LogP) is 3.84. The number of anilines is 1. The first-order chi connectivity index (χ1) is 17.5. The fraction of sp³-hybridized carbons (Fsp3) is 0.704. The highest BCUT2D eigenvalue weighted by atomic mass is 35.5. The summed E-state index contributed by atoms with van der Waals surface area (Å²) in [6, 6.07) is 5.55. The molecule has 1 aromatic carbocycles. The standard InChI is InChI=1S/C18H34N4OS.C9H8ClNO/c1-19-7-2-8-21-9-5-15(6-10-21)13-24-22-17-3-4-18(22)12-16(11-17)20-14-23;1-5-2-6-3-9(12)11-8(6)4-7(5)10/h14-19H,2-13H2,1H3,(H,20,23);2,4H,3H2,1H3,(H,11,12)/t16?,17-,18?;/m1./s1. The molecule has 9 heteroatoms. The van der Waals surface area contributed by atoms with E-state index in [0.717, 1.165) is 48.5 Å². The highest BCUT2D eigenvalue weighted by molar-refractivity contribution is 7.97. The summed E-state index contributed by atoms with van der Waals surface area (Å²) in [6.07, 6.45) is 10.3. The SMILES string of the molecule is CNCCCN1CCC(CSN2C3CC[C@@H]2CC(NC=O)C3)CC1.Cc1cc2c(cc1Cl)NC(=O)C2. The van der Waals surface area contributed by atoms with Gasteiger partial charge in [0.05, 0.1) is 6.42 Å². The van der Waals surface area contributed by atoms with Crippen molar-refractivity contribution in [3.63, 3.8) is 0 Å². The molecule has 5 rings (SSSR count). The number of carbonyl (C=O) groups excluding carboxylic acids is 2. The summed E-state index contributed by atoms with van der Waals surface area (Å²) < 4.78 is 2.70. The minimum Gasteiger partial charge on any atom is -0.356 e. The number of hydrogen-bond acceptors (Lipinski definition) is 6. The fourth-order valence-electron chi connectivity index (χ4n) is 6.00. The van der Waals surface area contributed by atoms with Crippen LogP contribution in [0.1, 0.15) is 56.1 Å². The van der Waals surface area contributed by atoms with E-state index >= 15 is 0 Å². The minimum atomic E-state index is 0.0478. The average molecular weight is 536 g/mol. The number of rotatable bonds is 9. The lowest BCUT2D eigenvalue weighted by Crippen LogP contribution is -2.46. The van der Waals surface area contributed by atoms with Gasteiger partial charge in [-0.2, -0.15) is 0 Å². The Morgan fingerprint density at radius 2 is 1.89 bits per heavy atom. The number of benzene rings is 1. The van der Waals surface area contributed by atoms with E-state index in [9.17, 15) is 9.59 Å². The van der Waals surface area contributed by atoms with Gasteiger partial charge >= 0.3 is 0 Å². The van der Waals surface area contributed by atoms with Crippen molar-refractivity contribution in [3.8, 4) is 0 Å². The molecule has 0 radical (unpaired) electrons. The molecule has 3 atom stereocenters. The third kappa shape index (κ3) is 7.38. The summed E-state index contributed by atoms with van der Waals surface area (Å²) in [4.78, 5) is 24.3. The number of carbonyl (C=O) groups is 2. The van der Waals surface area contributed by atoms with E-state index in [2.05, 4.69) is 37.1 Å². The summed E-state index contributed by atoms with van der Waals surface area (Å²) >= 11 is 8.00. The Kier molecular flexibility index (Phi) is 10.4. The molecule has 2 unspecified atom stereocenters. The lowest BCUT2D eigenvalue weighted by molar-refractivity contribution is -0.115. The molecule has 4 aliphatic heterocycles. The molecule has 36 heavy (non-hydrogen) atoms. The zero-order valence-corrected chi connectivity index (χ0v) is 23.3. The number of nitrogens with one attached hydrogen (secondary N) is 3. The quantitative estimate of drug-likeness (QED) is 0.253. The maximum atomic E-state index is 11.0. The third-order valence-corrected chi connectivity index (χ3v) is 9.97. The van der Waals surface area contributed by atoms with Gasteiger partial charge in [-0.1, -0.05) is 29.6 Å². The second-order valence-corrected chi connectivity index (χ2v) is 12.1. The Hall–Kier alpha value is -1.32. The summed E-state index contributed by atoms with van der Waals surface area (Å²) in [5.41, 5.74) is 2.92. The Morgan fingerprint density at radius 3 is 2.56 bits per heavy atom. The van der Waals surface area contributed by atoms with Crippen molar-refractivity contribution in [1.29, 1.82) is 0 Å². The zero-order valence-electron chi connectivity index (χ0n) is 21.7. The number of amides is 2. The van der Waals surface area contributed by atoms with Gasteiger partial charge in [0.25, 0.3) is 0 Å². The number of fused-ring (bicyclic) bond motifs is 3. The van der Waals surface area contributed by atoms with Crippen molar-refractivity contribution in [2.75, 3.05) is 44.3 Å². The maximum Gasteiger partial charge on any atom is 0.228 e. The van der Waals surface area contributed by atoms with Crippen molar-refractivity contribution in [2.24, 2.45) is 5.92 Å². The highest BCUT2D eigenvalue weighted by Crippen LogP contribution is 2.41. The largest absolute Gasteiger partial charge is 0.356 e. The number of halogens is 1. The van der Waals surface area contributed by atoms with E-state index in [0.29, 0.717) is 29.6 Å². The molecule has 0 aromatic heterocycles. The van der Waals surface area contributed by atoms with Gasteiger partial charge in [-0.15, -0.1) is 0 Å². The lowest BCUT2D eigenvalue weighted by Gasteiger charge is -2.39. The molecule has 3 N–H and O–H groups in total. The first-order valence-corrected chi connectivity index (χ1v) is 14.9. The molecule has 200 valence electrons. The van der Waals surface area contributed by atoms with Gasteiger partial charge in [0.2, 0.25) is 12.3 Å². The molecule has 2 amide bonds. The molecule has 3 saturated heterocycles. The van der Waals surface area contributed by atoms with E-state index in [1.54, 1.807) is 6.07 Å². The summed E-state index contributed by atoms with van der Waals surface area (Å²) in [7, 11) is 2.04. The van der Waals surface area contributed by atoms with Gasteiger partial charge in [0, 0.05) is 34.6 Å². The summed E-state index contributed by atoms with van der Waals surface area (Å²) in [5.74, 6) is 2.23. The third-order valence-electron chi connectivity index (χ3n) is 8.05. The van der Waals surface area contributed by atoms with Crippen molar-refractivity contribution in [3.05, 3.63) is 28.3 Å². The highest BCUT2D eigenvalue weighted by Gasteiger charge is 2.41. The van der Waals surface area contributed by atoms with Crippen LogP contribution >= 0.6 is 23.5 Å². The molecular formula is C27H42ClN5O2S. The zero-order chi connectivity index (χ0) is 25.5. The van der Waals surface area contributed by atoms with Crippen molar-refractivity contribution in [2.45, 2.75) is 76.4 Å². The minimum absolute atomic E-state index is 0.0478. The summed E-state index contributed by atoms with van der Waals surface area (Å²) in [5, 5.41) is 9.70. The molecular weight excluding hydrogens is 494 g/mol. The molecule has 7 nitrogen and oxygen atoms in total. The van der Waals surface area contributed by atoms with Crippen LogP contribution in [0.2, 0.25) is 5.02 Å². The fourth-order valence-corrected chi connectivity index (χ4v) is 7.68. The van der Waals surface area contributed by atoms with Crippen LogP contribution in [0.5, 0.6) is 0 Å². The number of piperidine rings is 2. The van der Waals surface area contributed by atoms with Gasteiger partial charge in [-0.25, -0.2) is 4.31 Å². The van der Waals surface area contributed by atoms with Crippen molar-refractivity contribution >= 4 is 41.6 Å². The molecule has 0 aliphatic carbocycles. The first-order valence-electron chi connectivity index (χ1n) is 13.5. The number of aryl methyl sites for hydroxylation is 1. The van der Waals surface area contributed by atoms with E-state index in [4.69, 9.17) is 11.6 Å². The molecule has 0 saturated carbocycles. The van der Waals surface area contributed by atoms with Crippen molar-refractivity contribution < 1.29 is 9.59 Å². The van der Waals surface area contributed by atoms with E-state index in [1.807, 2.05) is 20.0 Å². The van der Waals surface area contributed by atoms with Gasteiger partial charge in [-0.05, 0) is 108 Å². The number of nitrogens with zero attached hydrogens (tertiary/aromatic N) is 2. The Morgan fingerprint density at radius 1 is 1.17 bits per heavy atom.